The van der Waals surface area contributed by atoms with Crippen LogP contribution >= 0.6 is 0 Å². The van der Waals surface area contributed by atoms with Gasteiger partial charge in [-0.25, -0.2) is 9.40 Å². The van der Waals surface area contributed by atoms with Crippen molar-refractivity contribution in [3.05, 3.63) is 59.4 Å². The summed E-state index contributed by atoms with van der Waals surface area (Å²) >= 11 is 0. The fourth-order valence-electron chi connectivity index (χ4n) is 3.52. The molecule has 1 heterocycles. The SMILES string of the molecule is COCC(=O)N(C)CC(=O)N1N=C(c2ccc(OC)cc2OC)CC1c1ccccc1F. The topological polar surface area (TPSA) is 80.7 Å². The number of hydrogen-bond acceptors (Lipinski definition) is 6. The third-order valence-corrected chi connectivity index (χ3v) is 5.22. The van der Waals surface area contributed by atoms with Crippen LogP contribution in [-0.2, 0) is 14.3 Å². The van der Waals surface area contributed by atoms with Crippen molar-refractivity contribution >= 4 is 17.5 Å². The summed E-state index contributed by atoms with van der Waals surface area (Å²) in [5.41, 5.74) is 1.59. The largest absolute Gasteiger partial charge is 0.497 e. The van der Waals surface area contributed by atoms with Crippen molar-refractivity contribution < 1.29 is 28.2 Å². The number of benzene rings is 2. The first-order valence-corrected chi connectivity index (χ1v) is 9.98. The molecule has 0 bridgehead atoms. The molecule has 0 fully saturated rings. The molecular formula is C23H26FN3O5. The molecule has 2 aromatic rings. The van der Waals surface area contributed by atoms with Crippen molar-refractivity contribution in [3.63, 3.8) is 0 Å². The van der Waals surface area contributed by atoms with E-state index in [9.17, 15) is 14.0 Å². The zero-order chi connectivity index (χ0) is 23.3. The minimum atomic E-state index is -0.656. The molecule has 0 aromatic heterocycles. The van der Waals surface area contributed by atoms with Crippen LogP contribution in [-0.4, -0.2) is 69.0 Å². The zero-order valence-electron chi connectivity index (χ0n) is 18.5. The molecule has 1 aliphatic rings. The molecule has 32 heavy (non-hydrogen) atoms. The maximum Gasteiger partial charge on any atom is 0.262 e. The molecule has 0 aliphatic carbocycles. The molecule has 1 aliphatic heterocycles. The van der Waals surface area contributed by atoms with E-state index >= 15 is 0 Å². The van der Waals surface area contributed by atoms with E-state index in [0.29, 0.717) is 28.3 Å². The number of hydrogen-bond donors (Lipinski definition) is 0. The molecule has 0 N–H and O–H groups in total. The Morgan fingerprint density at radius 1 is 1.16 bits per heavy atom. The Bertz CT molecular complexity index is 1030. The maximum absolute atomic E-state index is 14.6. The first-order valence-electron chi connectivity index (χ1n) is 9.98. The van der Waals surface area contributed by atoms with Gasteiger partial charge in [-0.3, -0.25) is 9.59 Å². The second-order valence-electron chi connectivity index (χ2n) is 7.28. The normalized spacial score (nSPS) is 15.3. The lowest BCUT2D eigenvalue weighted by Crippen LogP contribution is -2.40. The molecule has 0 saturated heterocycles. The number of carbonyl (C=O) groups excluding carboxylic acids is 2. The molecule has 170 valence electrons. The van der Waals surface area contributed by atoms with Crippen LogP contribution in [0.1, 0.15) is 23.6 Å². The van der Waals surface area contributed by atoms with Crippen LogP contribution in [0.3, 0.4) is 0 Å². The van der Waals surface area contributed by atoms with E-state index in [2.05, 4.69) is 5.10 Å². The van der Waals surface area contributed by atoms with Crippen LogP contribution < -0.4 is 9.47 Å². The van der Waals surface area contributed by atoms with Crippen molar-refractivity contribution in [2.45, 2.75) is 12.5 Å². The molecule has 0 radical (unpaired) electrons. The standard InChI is InChI=1S/C23H26FN3O5/c1-26(23(29)14-30-2)13-22(28)27-20(16-7-5-6-8-18(16)24)12-19(25-27)17-10-9-15(31-3)11-21(17)32-4/h5-11,20H,12-14H2,1-4H3. The summed E-state index contributed by atoms with van der Waals surface area (Å²) in [6.45, 7) is -0.359. The van der Waals surface area contributed by atoms with Gasteiger partial charge in [0.05, 0.1) is 26.0 Å². The van der Waals surface area contributed by atoms with Crippen LogP contribution in [0, 0.1) is 5.82 Å². The fraction of sp³-hybridized carbons (Fsp3) is 0.348. The van der Waals surface area contributed by atoms with Crippen molar-refractivity contribution in [3.8, 4) is 11.5 Å². The Hall–Kier alpha value is -3.46. The number of rotatable bonds is 8. The number of methoxy groups -OCH3 is 3. The van der Waals surface area contributed by atoms with Crippen LogP contribution in [0.25, 0.3) is 0 Å². The van der Waals surface area contributed by atoms with E-state index in [1.54, 1.807) is 43.5 Å². The summed E-state index contributed by atoms with van der Waals surface area (Å²) in [6.07, 6.45) is 0.283. The number of amides is 2. The number of ether oxygens (including phenoxy) is 3. The molecular weight excluding hydrogens is 417 g/mol. The molecule has 3 rings (SSSR count). The van der Waals surface area contributed by atoms with Crippen LogP contribution in [0.15, 0.2) is 47.6 Å². The third kappa shape index (κ3) is 4.88. The first kappa shape index (κ1) is 23.2. The van der Waals surface area contributed by atoms with Gasteiger partial charge >= 0.3 is 0 Å². The summed E-state index contributed by atoms with van der Waals surface area (Å²) in [7, 11) is 5.99. The van der Waals surface area contributed by atoms with Gasteiger partial charge in [-0.15, -0.1) is 0 Å². The van der Waals surface area contributed by atoms with Crippen molar-refractivity contribution in [2.24, 2.45) is 5.10 Å². The lowest BCUT2D eigenvalue weighted by atomic mass is 9.97. The second-order valence-corrected chi connectivity index (χ2v) is 7.28. The van der Waals surface area contributed by atoms with Crippen molar-refractivity contribution in [1.29, 1.82) is 0 Å². The predicted octanol–water partition coefficient (Wildman–Crippen LogP) is 2.63. The van der Waals surface area contributed by atoms with Gasteiger partial charge in [0.1, 0.15) is 30.5 Å². The summed E-state index contributed by atoms with van der Waals surface area (Å²) in [6, 6.07) is 10.9. The Morgan fingerprint density at radius 2 is 1.91 bits per heavy atom. The van der Waals surface area contributed by atoms with Crippen molar-refractivity contribution in [2.75, 3.05) is 41.5 Å². The number of halogens is 1. The van der Waals surface area contributed by atoms with Crippen LogP contribution in [0.2, 0.25) is 0 Å². The molecule has 0 spiro atoms. The minimum Gasteiger partial charge on any atom is -0.497 e. The quantitative estimate of drug-likeness (QED) is 0.627. The van der Waals surface area contributed by atoms with Gasteiger partial charge in [0, 0.05) is 37.8 Å². The van der Waals surface area contributed by atoms with E-state index in [-0.39, 0.29) is 25.5 Å². The van der Waals surface area contributed by atoms with E-state index in [0.717, 1.165) is 0 Å². The number of likely N-dealkylation sites (N-methyl/N-ethyl adjacent to an activating group) is 1. The fourth-order valence-corrected chi connectivity index (χ4v) is 3.52. The first-order chi connectivity index (χ1) is 15.4. The molecule has 8 nitrogen and oxygen atoms in total. The highest BCUT2D eigenvalue weighted by molar-refractivity contribution is 6.05. The van der Waals surface area contributed by atoms with E-state index < -0.39 is 17.8 Å². The Balaban J connectivity index is 1.96. The average molecular weight is 443 g/mol. The Kier molecular flexibility index (Phi) is 7.42. The Labute approximate surface area is 186 Å². The average Bonchev–Trinajstić information content (AvgIpc) is 3.24. The molecule has 2 aromatic carbocycles. The lowest BCUT2D eigenvalue weighted by molar-refractivity contribution is -0.142. The van der Waals surface area contributed by atoms with Gasteiger partial charge in [-0.05, 0) is 18.2 Å². The Morgan fingerprint density at radius 3 is 2.56 bits per heavy atom. The summed E-state index contributed by atoms with van der Waals surface area (Å²) in [4.78, 5) is 26.4. The predicted molar refractivity (Wildman–Crippen MR) is 116 cm³/mol. The van der Waals surface area contributed by atoms with Gasteiger partial charge < -0.3 is 19.1 Å². The van der Waals surface area contributed by atoms with E-state index in [1.165, 1.54) is 37.2 Å². The monoisotopic (exact) mass is 443 g/mol. The van der Waals surface area contributed by atoms with Gasteiger partial charge in [0.25, 0.3) is 5.91 Å². The molecule has 1 unspecified atom stereocenters. The highest BCUT2D eigenvalue weighted by Crippen LogP contribution is 2.37. The lowest BCUT2D eigenvalue weighted by Gasteiger charge is -2.25. The minimum absolute atomic E-state index is 0.141. The molecule has 1 atom stereocenters. The third-order valence-electron chi connectivity index (χ3n) is 5.22. The second kappa shape index (κ2) is 10.2. The van der Waals surface area contributed by atoms with E-state index in [1.807, 2.05) is 0 Å². The van der Waals surface area contributed by atoms with E-state index in [4.69, 9.17) is 14.2 Å². The summed E-state index contributed by atoms with van der Waals surface area (Å²) < 4.78 is 30.2. The number of carbonyl (C=O) groups is 2. The van der Waals surface area contributed by atoms with Crippen molar-refractivity contribution in [1.82, 2.24) is 9.91 Å². The van der Waals surface area contributed by atoms with Gasteiger partial charge in [0.2, 0.25) is 5.91 Å². The molecule has 0 saturated carbocycles. The number of hydrazone groups is 1. The highest BCUT2D eigenvalue weighted by Gasteiger charge is 2.36. The summed E-state index contributed by atoms with van der Waals surface area (Å²) in [5.74, 6) is -0.0772. The van der Waals surface area contributed by atoms with Gasteiger partial charge in [0.15, 0.2) is 0 Å². The molecule has 2 amide bonds. The number of nitrogens with zero attached hydrogens (tertiary/aromatic N) is 3. The maximum atomic E-state index is 14.6. The van der Waals surface area contributed by atoms with Crippen LogP contribution in [0.5, 0.6) is 11.5 Å². The van der Waals surface area contributed by atoms with Crippen LogP contribution in [0.4, 0.5) is 4.39 Å². The zero-order valence-corrected chi connectivity index (χ0v) is 18.5. The highest BCUT2D eigenvalue weighted by atomic mass is 19.1. The van der Waals surface area contributed by atoms with Gasteiger partial charge in [-0.2, -0.15) is 5.10 Å². The molecule has 9 heteroatoms. The summed E-state index contributed by atoms with van der Waals surface area (Å²) in [5, 5.41) is 5.77. The van der Waals surface area contributed by atoms with Gasteiger partial charge in [-0.1, -0.05) is 18.2 Å². The smallest absolute Gasteiger partial charge is 0.262 e.